The van der Waals surface area contributed by atoms with E-state index in [-0.39, 0.29) is 6.10 Å². The van der Waals surface area contributed by atoms with Crippen molar-refractivity contribution in [3.8, 4) is 5.88 Å². The molecule has 2 aromatic rings. The minimum Gasteiger partial charge on any atom is -0.472 e. The molecule has 1 atom stereocenters. The number of sulfonamides is 1. The number of hydrogen-bond donors (Lipinski definition) is 0. The fourth-order valence-corrected chi connectivity index (χ4v) is 4.23. The second-order valence-electron chi connectivity index (χ2n) is 5.00. The molecule has 3 rings (SSSR count). The lowest BCUT2D eigenvalue weighted by Crippen LogP contribution is -2.31. The molecule has 1 unspecified atom stereocenters. The maximum Gasteiger partial charge on any atom is 0.243 e. The molecule has 5 nitrogen and oxygen atoms in total. The molecule has 0 aliphatic carbocycles. The fraction of sp³-hybridized carbons (Fsp3) is 0.267. The van der Waals surface area contributed by atoms with E-state index < -0.39 is 10.0 Å². The van der Waals surface area contributed by atoms with Crippen LogP contribution in [0.1, 0.15) is 6.42 Å². The van der Waals surface area contributed by atoms with Crippen molar-refractivity contribution in [2.45, 2.75) is 17.4 Å². The Morgan fingerprint density at radius 1 is 1.18 bits per heavy atom. The zero-order valence-corrected chi connectivity index (χ0v) is 14.1. The Kier molecular flexibility index (Phi) is 4.46. The van der Waals surface area contributed by atoms with E-state index in [1.54, 1.807) is 42.6 Å². The first kappa shape index (κ1) is 15.5. The van der Waals surface area contributed by atoms with Gasteiger partial charge in [-0.3, -0.25) is 0 Å². The van der Waals surface area contributed by atoms with Gasteiger partial charge in [-0.05, 0) is 46.6 Å². The van der Waals surface area contributed by atoms with E-state index in [0.29, 0.717) is 30.3 Å². The van der Waals surface area contributed by atoms with E-state index in [0.717, 1.165) is 4.47 Å². The molecule has 1 aliphatic rings. The van der Waals surface area contributed by atoms with Crippen molar-refractivity contribution in [2.75, 3.05) is 13.1 Å². The van der Waals surface area contributed by atoms with E-state index in [4.69, 9.17) is 4.74 Å². The highest BCUT2D eigenvalue weighted by Crippen LogP contribution is 2.26. The van der Waals surface area contributed by atoms with Crippen molar-refractivity contribution in [3.05, 3.63) is 53.1 Å². The lowest BCUT2D eigenvalue weighted by Gasteiger charge is -2.17. The summed E-state index contributed by atoms with van der Waals surface area (Å²) in [6, 6.07) is 12.1. The number of benzene rings is 1. The highest BCUT2D eigenvalue weighted by Gasteiger charge is 2.33. The summed E-state index contributed by atoms with van der Waals surface area (Å²) in [6.45, 7) is 0.784. The summed E-state index contributed by atoms with van der Waals surface area (Å²) in [4.78, 5) is 4.46. The smallest absolute Gasteiger partial charge is 0.243 e. The molecule has 1 aromatic carbocycles. The van der Waals surface area contributed by atoms with Gasteiger partial charge in [-0.25, -0.2) is 13.4 Å². The average Bonchev–Trinajstić information content (AvgIpc) is 3.00. The third kappa shape index (κ3) is 3.16. The van der Waals surface area contributed by atoms with Crippen LogP contribution >= 0.6 is 15.9 Å². The minimum absolute atomic E-state index is 0.190. The number of pyridine rings is 1. The molecule has 7 heteroatoms. The molecule has 0 amide bonds. The molecule has 116 valence electrons. The molecule has 0 bridgehead atoms. The van der Waals surface area contributed by atoms with Crippen molar-refractivity contribution in [2.24, 2.45) is 0 Å². The van der Waals surface area contributed by atoms with Gasteiger partial charge in [0.05, 0.1) is 15.9 Å². The highest BCUT2D eigenvalue weighted by molar-refractivity contribution is 9.10. The van der Waals surface area contributed by atoms with Gasteiger partial charge in [-0.1, -0.05) is 18.2 Å². The molecule has 1 saturated heterocycles. The predicted octanol–water partition coefficient (Wildman–Crippen LogP) is 2.69. The quantitative estimate of drug-likeness (QED) is 0.815. The molecule has 22 heavy (non-hydrogen) atoms. The first-order chi connectivity index (χ1) is 10.6. The number of ether oxygens (including phenoxy) is 1. The normalized spacial score (nSPS) is 19.2. The first-order valence-electron chi connectivity index (χ1n) is 6.90. The van der Waals surface area contributed by atoms with Crippen LogP contribution in [0.4, 0.5) is 0 Å². The molecule has 0 spiro atoms. The SMILES string of the molecule is O=S(=O)(c1ccccc1)N1CCC(Oc2ncccc2Br)C1. The van der Waals surface area contributed by atoms with Gasteiger partial charge in [-0.2, -0.15) is 4.31 Å². The van der Waals surface area contributed by atoms with Crippen LogP contribution in [0.5, 0.6) is 5.88 Å². The van der Waals surface area contributed by atoms with Crippen molar-refractivity contribution < 1.29 is 13.2 Å². The molecule has 0 radical (unpaired) electrons. The number of rotatable bonds is 4. The zero-order valence-electron chi connectivity index (χ0n) is 11.7. The Labute approximate surface area is 138 Å². The van der Waals surface area contributed by atoms with E-state index in [1.165, 1.54) is 4.31 Å². The lowest BCUT2D eigenvalue weighted by molar-refractivity contribution is 0.205. The van der Waals surface area contributed by atoms with E-state index >= 15 is 0 Å². The first-order valence-corrected chi connectivity index (χ1v) is 9.13. The number of halogens is 1. The topological polar surface area (TPSA) is 59.5 Å². The van der Waals surface area contributed by atoms with Crippen LogP contribution in [0.25, 0.3) is 0 Å². The van der Waals surface area contributed by atoms with Crippen LogP contribution in [0.2, 0.25) is 0 Å². The number of nitrogens with zero attached hydrogens (tertiary/aromatic N) is 2. The van der Waals surface area contributed by atoms with Crippen LogP contribution in [-0.4, -0.2) is 36.9 Å². The maximum absolute atomic E-state index is 12.5. The van der Waals surface area contributed by atoms with Crippen molar-refractivity contribution in [1.82, 2.24) is 9.29 Å². The van der Waals surface area contributed by atoms with Gasteiger partial charge in [0, 0.05) is 12.7 Å². The second kappa shape index (κ2) is 6.36. The summed E-state index contributed by atoms with van der Waals surface area (Å²) in [5, 5.41) is 0. The summed E-state index contributed by atoms with van der Waals surface area (Å²) in [5.41, 5.74) is 0. The largest absolute Gasteiger partial charge is 0.472 e. The van der Waals surface area contributed by atoms with Crippen LogP contribution in [0, 0.1) is 0 Å². The van der Waals surface area contributed by atoms with Gasteiger partial charge >= 0.3 is 0 Å². The monoisotopic (exact) mass is 382 g/mol. The Morgan fingerprint density at radius 2 is 1.95 bits per heavy atom. The third-order valence-corrected chi connectivity index (χ3v) is 5.97. The number of hydrogen-bond acceptors (Lipinski definition) is 4. The molecular formula is C15H15BrN2O3S. The average molecular weight is 383 g/mol. The molecule has 0 N–H and O–H groups in total. The third-order valence-electron chi connectivity index (χ3n) is 3.49. The molecule has 2 heterocycles. The zero-order chi connectivity index (χ0) is 15.6. The molecular weight excluding hydrogens is 368 g/mol. The predicted molar refractivity (Wildman–Crippen MR) is 86.2 cm³/mol. The molecule has 1 aliphatic heterocycles. The Morgan fingerprint density at radius 3 is 2.68 bits per heavy atom. The van der Waals surface area contributed by atoms with Crippen molar-refractivity contribution >= 4 is 26.0 Å². The summed E-state index contributed by atoms with van der Waals surface area (Å²) in [5.74, 6) is 0.492. The Hall–Kier alpha value is -1.44. The summed E-state index contributed by atoms with van der Waals surface area (Å²) in [7, 11) is -3.45. The van der Waals surface area contributed by atoms with Gasteiger partial charge in [0.1, 0.15) is 6.10 Å². The molecule has 0 saturated carbocycles. The minimum atomic E-state index is -3.45. The number of aromatic nitrogens is 1. The van der Waals surface area contributed by atoms with E-state index in [1.807, 2.05) is 6.07 Å². The van der Waals surface area contributed by atoms with E-state index in [9.17, 15) is 8.42 Å². The van der Waals surface area contributed by atoms with Crippen molar-refractivity contribution in [1.29, 1.82) is 0 Å². The van der Waals surface area contributed by atoms with Gasteiger partial charge in [0.15, 0.2) is 0 Å². The van der Waals surface area contributed by atoms with Gasteiger partial charge < -0.3 is 4.74 Å². The van der Waals surface area contributed by atoms with Crippen LogP contribution in [0.15, 0.2) is 58.0 Å². The maximum atomic E-state index is 12.5. The van der Waals surface area contributed by atoms with E-state index in [2.05, 4.69) is 20.9 Å². The van der Waals surface area contributed by atoms with Gasteiger partial charge in [0.25, 0.3) is 0 Å². The standard InChI is InChI=1S/C15H15BrN2O3S/c16-14-7-4-9-17-15(14)21-12-8-10-18(11-12)22(19,20)13-5-2-1-3-6-13/h1-7,9,12H,8,10-11H2. The lowest BCUT2D eigenvalue weighted by atomic mass is 10.3. The molecule has 1 aromatic heterocycles. The van der Waals surface area contributed by atoms with Gasteiger partial charge in [0.2, 0.25) is 15.9 Å². The van der Waals surface area contributed by atoms with Crippen LogP contribution in [-0.2, 0) is 10.0 Å². The summed E-state index contributed by atoms with van der Waals surface area (Å²) < 4.78 is 33.1. The fourth-order valence-electron chi connectivity index (χ4n) is 2.37. The molecule has 1 fully saturated rings. The Balaban J connectivity index is 1.72. The summed E-state index contributed by atoms with van der Waals surface area (Å²) in [6.07, 6.45) is 2.10. The van der Waals surface area contributed by atoms with Crippen LogP contribution < -0.4 is 4.74 Å². The summed E-state index contributed by atoms with van der Waals surface area (Å²) >= 11 is 3.38. The van der Waals surface area contributed by atoms with Crippen molar-refractivity contribution in [3.63, 3.8) is 0 Å². The van der Waals surface area contributed by atoms with Crippen LogP contribution in [0.3, 0.4) is 0 Å². The highest BCUT2D eigenvalue weighted by atomic mass is 79.9. The van der Waals surface area contributed by atoms with Gasteiger partial charge in [-0.15, -0.1) is 0 Å². The Bertz CT molecular complexity index is 752. The second-order valence-corrected chi connectivity index (χ2v) is 7.79.